The molecular formula is C11H25NO2Si. The maximum Gasteiger partial charge on any atom is 0.292 e. The molecule has 0 rings (SSSR count). The molecule has 0 heterocycles. The zero-order chi connectivity index (χ0) is 12.1. The molecule has 0 amide bonds. The first kappa shape index (κ1) is 14.6. The molecule has 15 heavy (non-hydrogen) atoms. The van der Waals surface area contributed by atoms with E-state index in [-0.39, 0.29) is 11.9 Å². The van der Waals surface area contributed by atoms with Crippen molar-refractivity contribution in [3.63, 3.8) is 0 Å². The van der Waals surface area contributed by atoms with E-state index in [1.54, 1.807) is 0 Å². The van der Waals surface area contributed by atoms with Gasteiger partial charge in [-0.2, -0.15) is 0 Å². The van der Waals surface area contributed by atoms with Crippen molar-refractivity contribution >= 4 is 14.3 Å². The second-order valence-corrected chi connectivity index (χ2v) is 9.95. The van der Waals surface area contributed by atoms with Crippen molar-refractivity contribution in [3.05, 3.63) is 0 Å². The van der Waals surface area contributed by atoms with Gasteiger partial charge in [0.15, 0.2) is 0 Å². The van der Waals surface area contributed by atoms with Crippen molar-refractivity contribution in [2.75, 3.05) is 6.54 Å². The van der Waals surface area contributed by atoms with Crippen molar-refractivity contribution < 1.29 is 9.22 Å². The van der Waals surface area contributed by atoms with Crippen LogP contribution in [0.1, 0.15) is 26.7 Å². The highest BCUT2D eigenvalue weighted by molar-refractivity contribution is 6.71. The van der Waals surface area contributed by atoms with Crippen molar-refractivity contribution in [3.8, 4) is 0 Å². The van der Waals surface area contributed by atoms with Gasteiger partial charge in [-0.25, -0.2) is 0 Å². The van der Waals surface area contributed by atoms with Crippen LogP contribution in [-0.2, 0) is 9.22 Å². The Hall–Kier alpha value is -0.353. The normalized spacial score (nSPS) is 14.1. The van der Waals surface area contributed by atoms with E-state index in [0.29, 0.717) is 18.9 Å². The Bertz CT molecular complexity index is 199. The molecule has 0 fully saturated rings. The summed E-state index contributed by atoms with van der Waals surface area (Å²) < 4.78 is 5.40. The van der Waals surface area contributed by atoms with E-state index >= 15 is 0 Å². The van der Waals surface area contributed by atoms with Crippen LogP contribution in [0.15, 0.2) is 0 Å². The summed E-state index contributed by atoms with van der Waals surface area (Å²) in [5.74, 6) is 0.775. The fourth-order valence-electron chi connectivity index (χ4n) is 1.55. The number of nitrogens with two attached hydrogens (primary N) is 1. The minimum absolute atomic E-state index is 0.0785. The molecule has 4 heteroatoms. The topological polar surface area (TPSA) is 52.3 Å². The third kappa shape index (κ3) is 8.63. The van der Waals surface area contributed by atoms with Crippen LogP contribution in [0.25, 0.3) is 0 Å². The molecule has 3 nitrogen and oxygen atoms in total. The minimum Gasteiger partial charge on any atom is -0.520 e. The first-order chi connectivity index (χ1) is 6.74. The largest absolute Gasteiger partial charge is 0.520 e. The van der Waals surface area contributed by atoms with Crippen LogP contribution in [0.2, 0.25) is 19.6 Å². The molecule has 1 unspecified atom stereocenters. The van der Waals surface area contributed by atoms with Crippen LogP contribution in [-0.4, -0.2) is 20.8 Å². The summed E-state index contributed by atoms with van der Waals surface area (Å²) in [6.07, 6.45) is 1.47. The molecule has 0 aromatic heterocycles. The molecule has 0 aliphatic carbocycles. The monoisotopic (exact) mass is 231 g/mol. The highest BCUT2D eigenvalue weighted by Crippen LogP contribution is 2.16. The molecule has 90 valence electrons. The zero-order valence-corrected chi connectivity index (χ0v) is 11.7. The minimum atomic E-state index is -1.73. The molecule has 0 spiro atoms. The average Bonchev–Trinajstić information content (AvgIpc) is 1.98. The first-order valence-electron chi connectivity index (χ1n) is 5.66. The van der Waals surface area contributed by atoms with Gasteiger partial charge >= 0.3 is 0 Å². The van der Waals surface area contributed by atoms with Crippen LogP contribution < -0.4 is 5.73 Å². The Balaban J connectivity index is 4.02. The van der Waals surface area contributed by atoms with Gasteiger partial charge in [0.05, 0.1) is 0 Å². The molecule has 0 aliphatic rings. The third-order valence-electron chi connectivity index (χ3n) is 2.01. The van der Waals surface area contributed by atoms with Gasteiger partial charge in [-0.05, 0) is 44.4 Å². The summed E-state index contributed by atoms with van der Waals surface area (Å²) in [5, 5.41) is 0. The van der Waals surface area contributed by atoms with E-state index in [1.807, 2.05) is 19.6 Å². The summed E-state index contributed by atoms with van der Waals surface area (Å²) in [4.78, 5) is 11.6. The quantitative estimate of drug-likeness (QED) is 0.714. The Morgan fingerprint density at radius 2 is 1.87 bits per heavy atom. The molecule has 0 bridgehead atoms. The predicted octanol–water partition coefficient (Wildman–Crippen LogP) is 2.38. The average molecular weight is 231 g/mol. The van der Waals surface area contributed by atoms with E-state index in [4.69, 9.17) is 10.2 Å². The van der Waals surface area contributed by atoms with Gasteiger partial charge < -0.3 is 10.2 Å². The summed E-state index contributed by atoms with van der Waals surface area (Å²) in [5.41, 5.74) is 5.64. The van der Waals surface area contributed by atoms with Crippen LogP contribution in [0.3, 0.4) is 0 Å². The molecule has 1 atom stereocenters. The van der Waals surface area contributed by atoms with Crippen molar-refractivity contribution in [1.82, 2.24) is 0 Å². The fourth-order valence-corrected chi connectivity index (χ4v) is 2.31. The number of carbonyl (C=O) groups is 1. The SMILES string of the molecule is CC(C)CC(CN)CC(=O)O[Si](C)(C)C. The van der Waals surface area contributed by atoms with Crippen LogP contribution in [0, 0.1) is 11.8 Å². The van der Waals surface area contributed by atoms with Crippen molar-refractivity contribution in [2.24, 2.45) is 17.6 Å². The lowest BCUT2D eigenvalue weighted by atomic mass is 9.94. The lowest BCUT2D eigenvalue weighted by Gasteiger charge is -2.21. The Labute approximate surface area is 94.5 Å². The van der Waals surface area contributed by atoms with Crippen LogP contribution >= 0.6 is 0 Å². The zero-order valence-electron chi connectivity index (χ0n) is 10.7. The van der Waals surface area contributed by atoms with Crippen LogP contribution in [0.5, 0.6) is 0 Å². The molecule has 0 saturated carbocycles. The van der Waals surface area contributed by atoms with Gasteiger partial charge in [-0.3, -0.25) is 4.79 Å². The van der Waals surface area contributed by atoms with Gasteiger partial charge in [0.2, 0.25) is 8.32 Å². The summed E-state index contributed by atoms with van der Waals surface area (Å²) in [6, 6.07) is 0. The second kappa shape index (κ2) is 6.28. The van der Waals surface area contributed by atoms with E-state index in [9.17, 15) is 4.79 Å². The number of hydrogen-bond donors (Lipinski definition) is 1. The number of hydrogen-bond acceptors (Lipinski definition) is 3. The fraction of sp³-hybridized carbons (Fsp3) is 0.909. The molecule has 0 aliphatic heterocycles. The molecule has 0 radical (unpaired) electrons. The van der Waals surface area contributed by atoms with Gasteiger partial charge in [-0.1, -0.05) is 13.8 Å². The maximum atomic E-state index is 11.6. The van der Waals surface area contributed by atoms with Gasteiger partial charge in [0.1, 0.15) is 0 Å². The Morgan fingerprint density at radius 1 is 1.33 bits per heavy atom. The van der Waals surface area contributed by atoms with Gasteiger partial charge in [-0.15, -0.1) is 0 Å². The standard InChI is InChI=1S/C11H25NO2Si/c1-9(2)6-10(8-12)7-11(13)14-15(3,4)5/h9-10H,6-8,12H2,1-5H3. The number of rotatable bonds is 6. The van der Waals surface area contributed by atoms with E-state index in [1.165, 1.54) is 0 Å². The molecule has 0 aromatic rings. The molecular weight excluding hydrogens is 206 g/mol. The van der Waals surface area contributed by atoms with E-state index in [2.05, 4.69) is 13.8 Å². The predicted molar refractivity (Wildman–Crippen MR) is 66.1 cm³/mol. The molecule has 0 saturated heterocycles. The summed E-state index contributed by atoms with van der Waals surface area (Å²) in [6.45, 7) is 10.9. The Kier molecular flexibility index (Phi) is 6.13. The van der Waals surface area contributed by atoms with Crippen molar-refractivity contribution in [2.45, 2.75) is 46.3 Å². The summed E-state index contributed by atoms with van der Waals surface area (Å²) in [7, 11) is -1.73. The molecule has 0 aromatic carbocycles. The van der Waals surface area contributed by atoms with E-state index < -0.39 is 8.32 Å². The Morgan fingerprint density at radius 3 is 2.20 bits per heavy atom. The summed E-state index contributed by atoms with van der Waals surface area (Å²) >= 11 is 0. The highest BCUT2D eigenvalue weighted by Gasteiger charge is 2.22. The lowest BCUT2D eigenvalue weighted by Crippen LogP contribution is -2.31. The number of carbonyl (C=O) groups excluding carboxylic acids is 1. The van der Waals surface area contributed by atoms with Crippen molar-refractivity contribution in [1.29, 1.82) is 0 Å². The maximum absolute atomic E-state index is 11.6. The third-order valence-corrected chi connectivity index (χ3v) is 2.85. The smallest absolute Gasteiger partial charge is 0.292 e. The van der Waals surface area contributed by atoms with Gasteiger partial charge in [0, 0.05) is 6.42 Å². The molecule has 2 N–H and O–H groups in total. The van der Waals surface area contributed by atoms with Crippen LogP contribution in [0.4, 0.5) is 0 Å². The lowest BCUT2D eigenvalue weighted by molar-refractivity contribution is -0.136. The first-order valence-corrected chi connectivity index (χ1v) is 9.07. The highest BCUT2D eigenvalue weighted by atomic mass is 28.4. The second-order valence-electron chi connectivity index (χ2n) is 5.52. The van der Waals surface area contributed by atoms with E-state index in [0.717, 1.165) is 6.42 Å². The van der Waals surface area contributed by atoms with Gasteiger partial charge in [0.25, 0.3) is 5.97 Å².